The van der Waals surface area contributed by atoms with Crippen LogP contribution in [-0.2, 0) is 0 Å². The third kappa shape index (κ3) is 2.86. The van der Waals surface area contributed by atoms with Crippen molar-refractivity contribution in [1.29, 1.82) is 0 Å². The highest BCUT2D eigenvalue weighted by molar-refractivity contribution is 7.80. The van der Waals surface area contributed by atoms with Gasteiger partial charge in [-0.2, -0.15) is 0 Å². The molecule has 0 aliphatic carbocycles. The smallest absolute Gasteiger partial charge is 0.170 e. The summed E-state index contributed by atoms with van der Waals surface area (Å²) in [6.07, 6.45) is 3.74. The Bertz CT molecular complexity index is 924. The lowest BCUT2D eigenvalue weighted by Crippen LogP contribution is -2.30. The second-order valence-electron chi connectivity index (χ2n) is 6.20. The molecule has 3 heterocycles. The van der Waals surface area contributed by atoms with Crippen molar-refractivity contribution in [2.45, 2.75) is 19.0 Å². The lowest BCUT2D eigenvalue weighted by atomic mass is 10.0. The van der Waals surface area contributed by atoms with Gasteiger partial charge in [0.05, 0.1) is 17.8 Å². The molecule has 1 aliphatic rings. The average Bonchev–Trinajstić information content (AvgIpc) is 3.26. The van der Waals surface area contributed by atoms with E-state index in [0.29, 0.717) is 5.11 Å². The van der Waals surface area contributed by atoms with Gasteiger partial charge in [-0.1, -0.05) is 12.1 Å². The number of likely N-dealkylation sites (N-methyl/N-ethyl adjacent to an activating group) is 1. The zero-order valence-corrected chi connectivity index (χ0v) is 15.2. The second kappa shape index (κ2) is 6.88. The van der Waals surface area contributed by atoms with Crippen LogP contribution in [0.5, 0.6) is 0 Å². The molecule has 1 saturated heterocycles. The maximum atomic E-state index is 13.7. The van der Waals surface area contributed by atoms with E-state index in [4.69, 9.17) is 12.2 Å². The van der Waals surface area contributed by atoms with Crippen molar-refractivity contribution in [1.82, 2.24) is 19.8 Å². The number of benzene rings is 1. The first-order chi connectivity index (χ1) is 12.7. The third-order valence-electron chi connectivity index (χ3n) is 4.71. The number of pyridine rings is 1. The van der Waals surface area contributed by atoms with Gasteiger partial charge in [0, 0.05) is 30.3 Å². The monoisotopic (exact) mass is 366 g/mol. The average molecular weight is 366 g/mol. The number of halogens is 1. The van der Waals surface area contributed by atoms with Crippen LogP contribution >= 0.6 is 12.2 Å². The van der Waals surface area contributed by atoms with E-state index in [1.165, 1.54) is 12.1 Å². The van der Waals surface area contributed by atoms with E-state index in [1.807, 2.05) is 41.1 Å². The summed E-state index contributed by atoms with van der Waals surface area (Å²) in [5.74, 6) is -0.254. The van der Waals surface area contributed by atoms with Gasteiger partial charge in [-0.3, -0.25) is 4.98 Å². The van der Waals surface area contributed by atoms with Crippen molar-refractivity contribution in [3.8, 4) is 5.69 Å². The molecular formula is C20H19FN4S. The van der Waals surface area contributed by atoms with Gasteiger partial charge in [0.2, 0.25) is 0 Å². The van der Waals surface area contributed by atoms with Crippen molar-refractivity contribution >= 4 is 17.3 Å². The summed E-state index contributed by atoms with van der Waals surface area (Å²) in [5, 5.41) is 4.12. The van der Waals surface area contributed by atoms with Gasteiger partial charge >= 0.3 is 0 Å². The maximum Gasteiger partial charge on any atom is 0.170 e. The molecular weight excluding hydrogens is 347 g/mol. The number of hydrogen-bond acceptors (Lipinski definition) is 2. The van der Waals surface area contributed by atoms with Gasteiger partial charge in [0.15, 0.2) is 5.11 Å². The number of rotatable bonds is 4. The quantitative estimate of drug-likeness (QED) is 0.708. The van der Waals surface area contributed by atoms with Gasteiger partial charge in [-0.15, -0.1) is 0 Å². The topological polar surface area (TPSA) is 33.1 Å². The minimum absolute atomic E-state index is 0.0272. The van der Waals surface area contributed by atoms with E-state index in [1.54, 1.807) is 12.3 Å². The molecule has 6 heteroatoms. The minimum Gasteiger partial charge on any atom is -0.352 e. The highest BCUT2D eigenvalue weighted by Gasteiger charge is 2.40. The first kappa shape index (κ1) is 16.7. The normalized spacial score (nSPS) is 19.6. The molecule has 0 saturated carbocycles. The highest BCUT2D eigenvalue weighted by atomic mass is 32.1. The van der Waals surface area contributed by atoms with Crippen LogP contribution in [0.1, 0.15) is 30.4 Å². The van der Waals surface area contributed by atoms with E-state index in [2.05, 4.69) is 28.2 Å². The van der Waals surface area contributed by atoms with Crippen LogP contribution in [0.25, 0.3) is 5.69 Å². The van der Waals surface area contributed by atoms with Gasteiger partial charge in [-0.25, -0.2) is 4.39 Å². The molecule has 4 rings (SSSR count). The zero-order valence-electron chi connectivity index (χ0n) is 14.3. The molecule has 3 aromatic rings. The zero-order chi connectivity index (χ0) is 18.1. The van der Waals surface area contributed by atoms with Crippen molar-refractivity contribution in [2.24, 2.45) is 0 Å². The SMILES string of the molecule is CCN1C(=S)N[C@H](c2ccccn2)[C@H]1c1cccn1-c1cccc(F)c1. The number of hydrogen-bond donors (Lipinski definition) is 1. The Morgan fingerprint density at radius 3 is 2.77 bits per heavy atom. The fourth-order valence-electron chi connectivity index (χ4n) is 3.56. The fourth-order valence-corrected chi connectivity index (χ4v) is 3.93. The summed E-state index contributed by atoms with van der Waals surface area (Å²) in [4.78, 5) is 6.68. The molecule has 1 fully saturated rings. The molecule has 132 valence electrons. The third-order valence-corrected chi connectivity index (χ3v) is 5.06. The first-order valence-corrected chi connectivity index (χ1v) is 9.01. The molecule has 2 atom stereocenters. The first-order valence-electron chi connectivity index (χ1n) is 8.60. The van der Waals surface area contributed by atoms with Crippen LogP contribution in [0.15, 0.2) is 67.0 Å². The molecule has 0 spiro atoms. The summed E-state index contributed by atoms with van der Waals surface area (Å²) in [6.45, 7) is 2.85. The molecule has 0 radical (unpaired) electrons. The molecule has 4 nitrogen and oxygen atoms in total. The van der Waals surface area contributed by atoms with Crippen LogP contribution in [0.3, 0.4) is 0 Å². The van der Waals surface area contributed by atoms with Crippen LogP contribution in [0.4, 0.5) is 4.39 Å². The Balaban J connectivity index is 1.82. The number of nitrogens with one attached hydrogen (secondary N) is 1. The van der Waals surface area contributed by atoms with E-state index in [0.717, 1.165) is 23.6 Å². The molecule has 1 aliphatic heterocycles. The van der Waals surface area contributed by atoms with Crippen molar-refractivity contribution in [2.75, 3.05) is 6.54 Å². The van der Waals surface area contributed by atoms with E-state index >= 15 is 0 Å². The Morgan fingerprint density at radius 2 is 2.04 bits per heavy atom. The lowest BCUT2D eigenvalue weighted by Gasteiger charge is -2.27. The van der Waals surface area contributed by atoms with E-state index < -0.39 is 0 Å². The summed E-state index contributed by atoms with van der Waals surface area (Å²) in [6, 6.07) is 16.4. The summed E-state index contributed by atoms with van der Waals surface area (Å²) < 4.78 is 15.8. The Kier molecular flexibility index (Phi) is 4.42. The summed E-state index contributed by atoms with van der Waals surface area (Å²) >= 11 is 5.57. The predicted molar refractivity (Wildman–Crippen MR) is 104 cm³/mol. The van der Waals surface area contributed by atoms with Crippen molar-refractivity contribution in [3.63, 3.8) is 0 Å². The number of thiocarbonyl (C=S) groups is 1. The molecule has 0 amide bonds. The van der Waals surface area contributed by atoms with Crippen LogP contribution < -0.4 is 5.32 Å². The lowest BCUT2D eigenvalue weighted by molar-refractivity contribution is 0.321. The van der Waals surface area contributed by atoms with E-state index in [-0.39, 0.29) is 17.9 Å². The standard InChI is InChI=1S/C20H19FN4S/c1-2-24-19(18(23-20(24)26)16-9-3-4-11-22-16)17-10-6-12-25(17)15-8-5-7-14(21)13-15/h3-13,18-19H,2H2,1H3,(H,23,26)/t18-,19-/m1/s1. The largest absolute Gasteiger partial charge is 0.352 e. The molecule has 1 N–H and O–H groups in total. The van der Waals surface area contributed by atoms with E-state index in [9.17, 15) is 4.39 Å². The van der Waals surface area contributed by atoms with Gasteiger partial charge in [0.1, 0.15) is 5.82 Å². The Hall–Kier alpha value is -2.73. The van der Waals surface area contributed by atoms with Crippen molar-refractivity contribution in [3.05, 3.63) is 84.2 Å². The number of nitrogens with zero attached hydrogens (tertiary/aromatic N) is 3. The van der Waals surface area contributed by atoms with Gasteiger partial charge in [0.25, 0.3) is 0 Å². The van der Waals surface area contributed by atoms with Crippen LogP contribution in [0.2, 0.25) is 0 Å². The maximum absolute atomic E-state index is 13.7. The molecule has 0 bridgehead atoms. The molecule has 0 unspecified atom stereocenters. The van der Waals surface area contributed by atoms with Gasteiger partial charge in [-0.05, 0) is 61.6 Å². The second-order valence-corrected chi connectivity index (χ2v) is 6.58. The Labute approximate surface area is 157 Å². The summed E-state index contributed by atoms with van der Waals surface area (Å²) in [7, 11) is 0. The number of aromatic nitrogens is 2. The van der Waals surface area contributed by atoms with Crippen LogP contribution in [0, 0.1) is 5.82 Å². The molecule has 1 aromatic carbocycles. The highest BCUT2D eigenvalue weighted by Crippen LogP contribution is 2.39. The van der Waals surface area contributed by atoms with Gasteiger partial charge < -0.3 is 14.8 Å². The minimum atomic E-state index is -0.254. The van der Waals surface area contributed by atoms with Crippen LogP contribution in [-0.4, -0.2) is 26.1 Å². The molecule has 26 heavy (non-hydrogen) atoms. The Morgan fingerprint density at radius 1 is 1.15 bits per heavy atom. The fraction of sp³-hybridized carbons (Fsp3) is 0.200. The summed E-state index contributed by atoms with van der Waals surface area (Å²) in [5.41, 5.74) is 2.77. The van der Waals surface area contributed by atoms with Crippen molar-refractivity contribution < 1.29 is 4.39 Å². The predicted octanol–water partition coefficient (Wildman–Crippen LogP) is 4.00. The molecule has 2 aromatic heterocycles.